The molecule has 0 bridgehead atoms. The topological polar surface area (TPSA) is 164 Å². The number of hydrogen-bond donors (Lipinski definition) is 2. The number of aromatic amines is 1. The number of carbonyl (C=O) groups is 3. The molecule has 0 spiro atoms. The Hall–Kier alpha value is -4.36. The molecule has 13 nitrogen and oxygen atoms in total. The van der Waals surface area contributed by atoms with Gasteiger partial charge in [0, 0.05) is 33.6 Å². The van der Waals surface area contributed by atoms with Crippen molar-refractivity contribution in [3.8, 4) is 24.7 Å². The summed E-state index contributed by atoms with van der Waals surface area (Å²) in [5.41, 5.74) is -1.84. The first-order chi connectivity index (χ1) is 16.6. The number of carbonyl (C=O) groups excluding carboxylic acids is 3. The summed E-state index contributed by atoms with van der Waals surface area (Å²) in [6.45, 7) is 3.33. The zero-order valence-electron chi connectivity index (χ0n) is 19.2. The molecule has 1 fully saturated rings. The number of rotatable bonds is 7. The van der Waals surface area contributed by atoms with E-state index in [4.69, 9.17) is 27.1 Å². The molecule has 2 aromatic rings. The smallest absolute Gasteiger partial charge is 0.333 e. The van der Waals surface area contributed by atoms with Gasteiger partial charge in [0.05, 0.1) is 6.54 Å². The molecule has 3 heterocycles. The minimum absolute atomic E-state index is 0.00209. The Labute approximate surface area is 198 Å². The number of anilines is 1. The van der Waals surface area contributed by atoms with Crippen LogP contribution in [0.25, 0.3) is 11.2 Å². The quantitative estimate of drug-likeness (QED) is 0.394. The fourth-order valence-corrected chi connectivity index (χ4v) is 3.91. The number of aromatic nitrogens is 4. The number of nitrogens with zero attached hydrogens (tertiary/aromatic N) is 3. The summed E-state index contributed by atoms with van der Waals surface area (Å²) in [6.07, 6.45) is 6.78. The summed E-state index contributed by atoms with van der Waals surface area (Å²) < 4.78 is 18.7. The maximum atomic E-state index is 13.4. The Bertz CT molecular complexity index is 1370. The van der Waals surface area contributed by atoms with Gasteiger partial charge < -0.3 is 14.2 Å². The van der Waals surface area contributed by atoms with Crippen LogP contribution in [0.2, 0.25) is 0 Å². The average Bonchev–Trinajstić information content (AvgIpc) is 3.25. The van der Waals surface area contributed by atoms with E-state index in [-0.39, 0.29) is 36.5 Å². The molecule has 0 saturated carbocycles. The fourth-order valence-electron chi connectivity index (χ4n) is 3.91. The number of fused-ring (bicyclic) bond motifs is 1. The normalized spacial score (nSPS) is 20.0. The van der Waals surface area contributed by atoms with Crippen LogP contribution < -0.4 is 16.6 Å². The number of hydrogen-bond acceptors (Lipinski definition) is 9. The first-order valence-corrected chi connectivity index (χ1v) is 10.5. The summed E-state index contributed by atoms with van der Waals surface area (Å²) >= 11 is 0. The molecule has 35 heavy (non-hydrogen) atoms. The maximum Gasteiger partial charge on any atom is 0.333 e. The number of H-pyrrole nitrogens is 1. The van der Waals surface area contributed by atoms with Gasteiger partial charge in [0.2, 0.25) is 11.9 Å². The molecular weight excluding hydrogens is 462 g/mol. The van der Waals surface area contributed by atoms with Crippen molar-refractivity contribution in [2.45, 2.75) is 64.7 Å². The third-order valence-corrected chi connectivity index (χ3v) is 5.08. The van der Waals surface area contributed by atoms with Crippen LogP contribution in [0.5, 0.6) is 0 Å². The van der Waals surface area contributed by atoms with Crippen molar-refractivity contribution >= 4 is 35.0 Å². The van der Waals surface area contributed by atoms with Crippen molar-refractivity contribution in [3.05, 3.63) is 20.8 Å². The lowest BCUT2D eigenvalue weighted by atomic mass is 10.1. The SMILES string of the molecule is C#CC[C@H](OC(C)=O)[C@@H]1C[C@@H](OC(C)=O)[C@H](n2c(=O)n(CC#C)c3c(=O)[nH]c(NC(C)=O)nc32)O1. The summed E-state index contributed by atoms with van der Waals surface area (Å²) in [4.78, 5) is 67.6. The molecule has 0 unspecified atom stereocenters. The van der Waals surface area contributed by atoms with Gasteiger partial charge in [-0.05, 0) is 0 Å². The van der Waals surface area contributed by atoms with E-state index in [1.165, 1.54) is 20.8 Å². The van der Waals surface area contributed by atoms with E-state index < -0.39 is 53.6 Å². The number of nitrogens with one attached hydrogen (secondary N) is 2. The standard InChI is InChI=1S/C22H23N5O8/c1-6-8-14(33-12(4)29)15-10-16(34-13(5)30)20(35-15)27-18-17(26(9-7-2)22(27)32)19(31)25-21(24-18)23-11(3)28/h1-2,14-16,20H,8-10H2,3-5H3,(H2,23,24,25,28,31)/t14-,15-,16+,20+/m0/s1. The molecule has 1 saturated heterocycles. The first-order valence-electron chi connectivity index (χ1n) is 10.5. The van der Waals surface area contributed by atoms with Gasteiger partial charge in [-0.15, -0.1) is 18.8 Å². The van der Waals surface area contributed by atoms with Crippen LogP contribution in [0, 0.1) is 24.7 Å². The van der Waals surface area contributed by atoms with Gasteiger partial charge in [0.1, 0.15) is 18.3 Å². The zero-order chi connectivity index (χ0) is 25.9. The number of ether oxygens (including phenoxy) is 3. The highest BCUT2D eigenvalue weighted by molar-refractivity contribution is 5.87. The van der Waals surface area contributed by atoms with Gasteiger partial charge in [-0.25, -0.2) is 9.36 Å². The van der Waals surface area contributed by atoms with Gasteiger partial charge in [-0.3, -0.25) is 34.0 Å². The van der Waals surface area contributed by atoms with Gasteiger partial charge in [0.25, 0.3) is 5.56 Å². The van der Waals surface area contributed by atoms with Crippen molar-refractivity contribution in [2.75, 3.05) is 5.32 Å². The molecule has 184 valence electrons. The predicted octanol–water partition coefficient (Wildman–Crippen LogP) is -0.348. The van der Waals surface area contributed by atoms with E-state index in [2.05, 4.69) is 27.1 Å². The highest BCUT2D eigenvalue weighted by Crippen LogP contribution is 2.35. The molecule has 2 aromatic heterocycles. The molecule has 4 atom stereocenters. The molecule has 0 aromatic carbocycles. The van der Waals surface area contributed by atoms with Gasteiger partial charge in [0.15, 0.2) is 17.4 Å². The highest BCUT2D eigenvalue weighted by Gasteiger charge is 2.45. The van der Waals surface area contributed by atoms with Crippen molar-refractivity contribution < 1.29 is 28.6 Å². The second-order valence-electron chi connectivity index (χ2n) is 7.72. The van der Waals surface area contributed by atoms with Crippen molar-refractivity contribution in [2.24, 2.45) is 0 Å². The van der Waals surface area contributed by atoms with Crippen LogP contribution in [0.4, 0.5) is 5.95 Å². The van der Waals surface area contributed by atoms with Crippen LogP contribution in [0.3, 0.4) is 0 Å². The predicted molar refractivity (Wildman–Crippen MR) is 121 cm³/mol. The molecule has 0 radical (unpaired) electrons. The maximum absolute atomic E-state index is 13.4. The minimum Gasteiger partial charge on any atom is -0.459 e. The van der Waals surface area contributed by atoms with E-state index in [0.29, 0.717) is 0 Å². The lowest BCUT2D eigenvalue weighted by Gasteiger charge is -2.22. The number of esters is 2. The summed E-state index contributed by atoms with van der Waals surface area (Å²) in [6, 6.07) is 0. The average molecular weight is 485 g/mol. The largest absolute Gasteiger partial charge is 0.459 e. The van der Waals surface area contributed by atoms with Crippen molar-refractivity contribution in [3.63, 3.8) is 0 Å². The van der Waals surface area contributed by atoms with Crippen molar-refractivity contribution in [1.29, 1.82) is 0 Å². The summed E-state index contributed by atoms with van der Waals surface area (Å²) in [5, 5.41) is 2.35. The Morgan fingerprint density at radius 3 is 2.51 bits per heavy atom. The Balaban J connectivity index is 2.20. The van der Waals surface area contributed by atoms with Crippen LogP contribution in [0.1, 0.15) is 39.8 Å². The fraction of sp³-hybridized carbons (Fsp3) is 0.455. The van der Waals surface area contributed by atoms with Crippen LogP contribution in [0.15, 0.2) is 9.59 Å². The number of imidazole rings is 1. The molecule has 2 N–H and O–H groups in total. The van der Waals surface area contributed by atoms with Gasteiger partial charge in [-0.1, -0.05) is 5.92 Å². The Morgan fingerprint density at radius 2 is 1.94 bits per heavy atom. The molecule has 13 heteroatoms. The lowest BCUT2D eigenvalue weighted by molar-refractivity contribution is -0.158. The second-order valence-corrected chi connectivity index (χ2v) is 7.72. The Morgan fingerprint density at radius 1 is 1.23 bits per heavy atom. The van der Waals surface area contributed by atoms with Crippen molar-refractivity contribution in [1.82, 2.24) is 19.1 Å². The molecule has 1 aliphatic rings. The second kappa shape index (κ2) is 10.3. The van der Waals surface area contributed by atoms with E-state index in [1.54, 1.807) is 0 Å². The molecule has 1 aliphatic heterocycles. The van der Waals surface area contributed by atoms with Gasteiger partial charge >= 0.3 is 17.6 Å². The lowest BCUT2D eigenvalue weighted by Crippen LogP contribution is -2.34. The van der Waals surface area contributed by atoms with E-state index in [9.17, 15) is 24.0 Å². The minimum atomic E-state index is -1.27. The van der Waals surface area contributed by atoms with E-state index in [1.807, 2.05) is 0 Å². The Kier molecular flexibility index (Phi) is 7.42. The third-order valence-electron chi connectivity index (χ3n) is 5.08. The number of amides is 1. The number of terminal acetylenes is 2. The summed E-state index contributed by atoms with van der Waals surface area (Å²) in [7, 11) is 0. The molecular formula is C22H23N5O8. The zero-order valence-corrected chi connectivity index (χ0v) is 19.2. The van der Waals surface area contributed by atoms with Crippen LogP contribution in [-0.2, 0) is 35.1 Å². The van der Waals surface area contributed by atoms with Gasteiger partial charge in [-0.2, -0.15) is 4.98 Å². The monoisotopic (exact) mass is 485 g/mol. The molecule has 0 aliphatic carbocycles. The van der Waals surface area contributed by atoms with E-state index >= 15 is 0 Å². The molecule has 1 amide bonds. The summed E-state index contributed by atoms with van der Waals surface area (Å²) in [5.74, 6) is 2.70. The third kappa shape index (κ3) is 5.26. The van der Waals surface area contributed by atoms with Crippen LogP contribution >= 0.6 is 0 Å². The van der Waals surface area contributed by atoms with Crippen LogP contribution in [-0.4, -0.2) is 55.3 Å². The molecule has 3 rings (SSSR count). The first kappa shape index (κ1) is 25.3. The van der Waals surface area contributed by atoms with E-state index in [0.717, 1.165) is 9.13 Å². The highest BCUT2D eigenvalue weighted by atomic mass is 16.6.